The summed E-state index contributed by atoms with van der Waals surface area (Å²) in [5, 5.41) is 14.8. The summed E-state index contributed by atoms with van der Waals surface area (Å²) in [4.78, 5) is 8.25. The van der Waals surface area contributed by atoms with E-state index in [-0.39, 0.29) is 0 Å². The zero-order chi connectivity index (χ0) is 13.4. The van der Waals surface area contributed by atoms with Crippen LogP contribution in [0.3, 0.4) is 0 Å². The minimum absolute atomic E-state index is 0.904. The van der Waals surface area contributed by atoms with E-state index in [9.17, 15) is 0 Å². The molecule has 1 aromatic carbocycles. The first-order valence-electron chi connectivity index (χ1n) is 5.16. The van der Waals surface area contributed by atoms with Gasteiger partial charge in [-0.15, -0.1) is 0 Å². The van der Waals surface area contributed by atoms with Gasteiger partial charge >= 0.3 is 0 Å². The second-order valence-electron chi connectivity index (χ2n) is 3.42. The average Bonchev–Trinajstić information content (AvgIpc) is 2.77. The van der Waals surface area contributed by atoms with Gasteiger partial charge in [0.2, 0.25) is 6.33 Å². The first-order valence-corrected chi connectivity index (χ1v) is 5.16. The molecule has 0 atom stereocenters. The molecule has 0 fully saturated rings. The fraction of sp³-hybridized carbons (Fsp3) is 0.0833. The first kappa shape index (κ1) is 13.4. The molecule has 0 amide bonds. The molecule has 2 aromatic rings. The molecular weight excluding hydrogens is 234 g/mol. The van der Waals surface area contributed by atoms with Crippen LogP contribution in [0.4, 0.5) is 0 Å². The van der Waals surface area contributed by atoms with E-state index in [4.69, 9.17) is 15.3 Å². The lowest BCUT2D eigenvalue weighted by Gasteiger charge is -1.95. The third kappa shape index (κ3) is 4.93. The van der Waals surface area contributed by atoms with Crippen LogP contribution in [0.5, 0.6) is 0 Å². The highest BCUT2D eigenvalue weighted by Gasteiger charge is 2.00. The van der Waals surface area contributed by atoms with Gasteiger partial charge in [0.15, 0.2) is 0 Å². The lowest BCUT2D eigenvalue weighted by atomic mass is 10.2. The minimum atomic E-state index is -1.75. The Morgan fingerprint density at radius 1 is 1.33 bits per heavy atom. The van der Waals surface area contributed by atoms with Crippen LogP contribution in [0, 0.1) is 15.3 Å². The molecule has 1 aromatic heterocycles. The Morgan fingerprint density at radius 3 is 2.44 bits per heavy atom. The molecule has 0 aliphatic heterocycles. The molecule has 94 valence electrons. The third-order valence-corrected chi connectivity index (χ3v) is 2.13. The average molecular weight is 247 g/mol. The van der Waals surface area contributed by atoms with E-state index in [1.54, 1.807) is 6.20 Å². The first-order chi connectivity index (χ1) is 8.61. The monoisotopic (exact) mass is 247 g/mol. The summed E-state index contributed by atoms with van der Waals surface area (Å²) in [7, 11) is 0. The maximum atomic E-state index is 8.25. The van der Waals surface area contributed by atoms with Gasteiger partial charge in [-0.05, 0) is 5.56 Å². The molecule has 2 rings (SSSR count). The van der Waals surface area contributed by atoms with Crippen molar-refractivity contribution in [2.75, 3.05) is 0 Å². The summed E-state index contributed by atoms with van der Waals surface area (Å²) in [6, 6.07) is 10.4. The van der Waals surface area contributed by atoms with Crippen molar-refractivity contribution in [1.29, 1.82) is 0 Å². The Morgan fingerprint density at radius 2 is 1.94 bits per heavy atom. The fourth-order valence-electron chi connectivity index (χ4n) is 1.41. The largest absolute Gasteiger partial charge is 0.356 e. The van der Waals surface area contributed by atoms with E-state index >= 15 is 0 Å². The van der Waals surface area contributed by atoms with Gasteiger partial charge < -0.3 is 15.3 Å². The molecule has 0 aliphatic rings. The number of imidazole rings is 1. The summed E-state index contributed by atoms with van der Waals surface area (Å²) >= 11 is 0. The predicted molar refractivity (Wildman–Crippen MR) is 66.9 cm³/mol. The Kier molecular flexibility index (Phi) is 5.11. The van der Waals surface area contributed by atoms with Crippen molar-refractivity contribution in [2.45, 2.75) is 6.54 Å². The van der Waals surface area contributed by atoms with Crippen LogP contribution >= 0.6 is 0 Å². The van der Waals surface area contributed by atoms with Crippen molar-refractivity contribution in [3.8, 4) is 0 Å². The lowest BCUT2D eigenvalue weighted by molar-refractivity contribution is -0.687. The molecule has 6 nitrogen and oxygen atoms in total. The Balaban J connectivity index is 0.000000357. The molecule has 0 saturated carbocycles. The van der Waals surface area contributed by atoms with Crippen LogP contribution < -0.4 is 4.57 Å². The Bertz CT molecular complexity index is 504. The van der Waals surface area contributed by atoms with Gasteiger partial charge in [-0.1, -0.05) is 36.9 Å². The number of hydrogen-bond donors (Lipinski definition) is 0. The molecule has 0 radical (unpaired) electrons. The highest BCUT2D eigenvalue weighted by molar-refractivity contribution is 5.14. The standard InChI is InChI=1S/C12H13N2.NO3/c1-2-13-8-9-14(11-13)10-12-6-4-3-5-7-12;2-1(3)4/h2-9,11H,1,10H2;/q+1;-1. The SMILES string of the molecule is C=Cn1cc[n+](Cc2ccccc2)c1.O=[N+]([O-])[O-]. The van der Waals surface area contributed by atoms with Gasteiger partial charge in [-0.2, -0.15) is 0 Å². The van der Waals surface area contributed by atoms with Crippen LogP contribution in [-0.2, 0) is 6.54 Å². The zero-order valence-corrected chi connectivity index (χ0v) is 9.68. The molecule has 0 spiro atoms. The molecule has 0 unspecified atom stereocenters. The van der Waals surface area contributed by atoms with E-state index in [0.29, 0.717) is 0 Å². The van der Waals surface area contributed by atoms with Crippen LogP contribution in [0.25, 0.3) is 6.20 Å². The number of rotatable bonds is 3. The summed E-state index contributed by atoms with van der Waals surface area (Å²) in [6.45, 7) is 4.61. The fourth-order valence-corrected chi connectivity index (χ4v) is 1.41. The van der Waals surface area contributed by atoms with Crippen molar-refractivity contribution in [2.24, 2.45) is 0 Å². The third-order valence-electron chi connectivity index (χ3n) is 2.13. The van der Waals surface area contributed by atoms with Crippen LogP contribution in [0.2, 0.25) is 0 Å². The summed E-state index contributed by atoms with van der Waals surface area (Å²) in [6.07, 6.45) is 7.81. The minimum Gasteiger partial charge on any atom is -0.356 e. The van der Waals surface area contributed by atoms with E-state index in [1.165, 1.54) is 5.56 Å². The topological polar surface area (TPSA) is 75.0 Å². The zero-order valence-electron chi connectivity index (χ0n) is 9.68. The number of nitrogens with zero attached hydrogens (tertiary/aromatic N) is 3. The van der Waals surface area contributed by atoms with E-state index < -0.39 is 5.09 Å². The Labute approximate surface area is 104 Å². The maximum absolute atomic E-state index is 8.25. The smallest absolute Gasteiger partial charge is 0.248 e. The van der Waals surface area contributed by atoms with Gasteiger partial charge in [-0.25, -0.2) is 9.13 Å². The normalized spacial score (nSPS) is 9.11. The van der Waals surface area contributed by atoms with E-state index in [0.717, 1.165) is 6.54 Å². The van der Waals surface area contributed by atoms with Gasteiger partial charge in [-0.3, -0.25) is 0 Å². The highest BCUT2D eigenvalue weighted by atomic mass is 16.9. The van der Waals surface area contributed by atoms with Gasteiger partial charge in [0.25, 0.3) is 0 Å². The van der Waals surface area contributed by atoms with Crippen molar-refractivity contribution in [1.82, 2.24) is 4.57 Å². The molecule has 18 heavy (non-hydrogen) atoms. The molecule has 0 aliphatic carbocycles. The van der Waals surface area contributed by atoms with Crippen LogP contribution in [-0.4, -0.2) is 9.65 Å². The molecular formula is C12H13N3O3. The second kappa shape index (κ2) is 6.85. The van der Waals surface area contributed by atoms with Crippen LogP contribution in [0.15, 0.2) is 55.6 Å². The summed E-state index contributed by atoms with van der Waals surface area (Å²) in [5.41, 5.74) is 1.30. The van der Waals surface area contributed by atoms with Crippen molar-refractivity contribution in [3.05, 3.63) is 76.5 Å². The van der Waals surface area contributed by atoms with Gasteiger partial charge in [0.05, 0.1) is 11.3 Å². The van der Waals surface area contributed by atoms with Crippen molar-refractivity contribution in [3.63, 3.8) is 0 Å². The molecule has 0 bridgehead atoms. The second-order valence-corrected chi connectivity index (χ2v) is 3.42. The molecule has 6 heteroatoms. The highest BCUT2D eigenvalue weighted by Crippen LogP contribution is 1.97. The lowest BCUT2D eigenvalue weighted by Crippen LogP contribution is -2.31. The molecule has 1 heterocycles. The number of benzene rings is 1. The van der Waals surface area contributed by atoms with Crippen molar-refractivity contribution < 1.29 is 9.65 Å². The molecule has 0 saturated heterocycles. The van der Waals surface area contributed by atoms with Crippen molar-refractivity contribution >= 4 is 6.20 Å². The van der Waals surface area contributed by atoms with Crippen LogP contribution in [0.1, 0.15) is 5.56 Å². The van der Waals surface area contributed by atoms with E-state index in [2.05, 4.69) is 35.4 Å². The maximum Gasteiger partial charge on any atom is 0.248 e. The number of aromatic nitrogens is 2. The number of hydrogen-bond acceptors (Lipinski definition) is 3. The Hall–Kier alpha value is -2.63. The summed E-state index contributed by atoms with van der Waals surface area (Å²) < 4.78 is 4.06. The van der Waals surface area contributed by atoms with Gasteiger partial charge in [0.1, 0.15) is 18.9 Å². The molecule has 0 N–H and O–H groups in total. The summed E-state index contributed by atoms with van der Waals surface area (Å²) in [5.74, 6) is 0. The quantitative estimate of drug-likeness (QED) is 0.470. The van der Waals surface area contributed by atoms with E-state index in [1.807, 2.05) is 29.4 Å². The van der Waals surface area contributed by atoms with Gasteiger partial charge in [0, 0.05) is 0 Å². The predicted octanol–water partition coefficient (Wildman–Crippen LogP) is 1.69.